The van der Waals surface area contributed by atoms with Gasteiger partial charge < -0.3 is 9.80 Å². The predicted octanol–water partition coefficient (Wildman–Crippen LogP) is 2.82. The average Bonchev–Trinajstić information content (AvgIpc) is 3.02. The van der Waals surface area contributed by atoms with Gasteiger partial charge in [-0.05, 0) is 44.0 Å². The van der Waals surface area contributed by atoms with Crippen molar-refractivity contribution < 1.29 is 4.39 Å². The van der Waals surface area contributed by atoms with Crippen LogP contribution in [0.15, 0.2) is 30.6 Å². The van der Waals surface area contributed by atoms with E-state index >= 15 is 0 Å². The van der Waals surface area contributed by atoms with Gasteiger partial charge in [-0.2, -0.15) is 0 Å². The van der Waals surface area contributed by atoms with E-state index in [0.29, 0.717) is 6.04 Å². The molecule has 1 aromatic heterocycles. The number of rotatable bonds is 3. The molecule has 1 saturated heterocycles. The summed E-state index contributed by atoms with van der Waals surface area (Å²) in [6.07, 6.45) is 5.85. The third-order valence-corrected chi connectivity index (χ3v) is 5.18. The molecule has 1 atom stereocenters. The van der Waals surface area contributed by atoms with E-state index in [1.165, 1.54) is 17.3 Å². The fourth-order valence-electron chi connectivity index (χ4n) is 3.97. The summed E-state index contributed by atoms with van der Waals surface area (Å²) < 4.78 is 13.5. The van der Waals surface area contributed by atoms with Crippen LogP contribution in [0.2, 0.25) is 0 Å². The largest absolute Gasteiger partial charge is 0.353 e. The van der Waals surface area contributed by atoms with Gasteiger partial charge >= 0.3 is 0 Å². The highest BCUT2D eigenvalue weighted by atomic mass is 19.1. The molecule has 4 rings (SSSR count). The maximum Gasteiger partial charge on any atom is 0.137 e. The summed E-state index contributed by atoms with van der Waals surface area (Å²) in [5.74, 6) is 0.934. The lowest BCUT2D eigenvalue weighted by molar-refractivity contribution is 0.309. The first kappa shape index (κ1) is 15.5. The monoisotopic (exact) mass is 326 g/mol. The highest BCUT2D eigenvalue weighted by Crippen LogP contribution is 2.31. The fraction of sp³-hybridized carbons (Fsp3) is 0.474. The molecule has 0 N–H and O–H groups in total. The molecular formula is C19H23FN4. The lowest BCUT2D eigenvalue weighted by Crippen LogP contribution is -2.35. The smallest absolute Gasteiger partial charge is 0.137 e. The van der Waals surface area contributed by atoms with E-state index in [-0.39, 0.29) is 5.82 Å². The lowest BCUT2D eigenvalue weighted by atomic mass is 10.0. The Morgan fingerprint density at radius 1 is 1.25 bits per heavy atom. The Morgan fingerprint density at radius 2 is 2.17 bits per heavy atom. The van der Waals surface area contributed by atoms with Gasteiger partial charge in [0.05, 0.1) is 5.69 Å². The van der Waals surface area contributed by atoms with Gasteiger partial charge in [-0.15, -0.1) is 0 Å². The predicted molar refractivity (Wildman–Crippen MR) is 92.5 cm³/mol. The van der Waals surface area contributed by atoms with E-state index in [1.807, 2.05) is 6.07 Å². The van der Waals surface area contributed by atoms with E-state index in [1.54, 1.807) is 18.5 Å². The molecule has 2 aliphatic heterocycles. The van der Waals surface area contributed by atoms with Crippen molar-refractivity contribution >= 4 is 5.82 Å². The van der Waals surface area contributed by atoms with E-state index in [4.69, 9.17) is 0 Å². The van der Waals surface area contributed by atoms with Crippen molar-refractivity contribution in [2.24, 2.45) is 0 Å². The van der Waals surface area contributed by atoms with Crippen LogP contribution in [0.1, 0.15) is 29.7 Å². The minimum absolute atomic E-state index is 0.155. The first-order valence-corrected chi connectivity index (χ1v) is 8.73. The first-order valence-electron chi connectivity index (χ1n) is 8.73. The average molecular weight is 326 g/mol. The molecule has 1 fully saturated rings. The minimum Gasteiger partial charge on any atom is -0.353 e. The Bertz CT molecular complexity index is 733. The fourth-order valence-corrected chi connectivity index (χ4v) is 3.97. The van der Waals surface area contributed by atoms with Gasteiger partial charge in [0.25, 0.3) is 0 Å². The maximum atomic E-state index is 13.5. The van der Waals surface area contributed by atoms with Crippen molar-refractivity contribution in [2.75, 3.05) is 25.0 Å². The topological polar surface area (TPSA) is 32.3 Å². The Hall–Kier alpha value is -2.01. The Labute approximate surface area is 142 Å². The second kappa shape index (κ2) is 6.48. The zero-order chi connectivity index (χ0) is 16.5. The van der Waals surface area contributed by atoms with E-state index < -0.39 is 0 Å². The van der Waals surface area contributed by atoms with E-state index in [9.17, 15) is 4.39 Å². The van der Waals surface area contributed by atoms with Crippen LogP contribution in [0.3, 0.4) is 0 Å². The van der Waals surface area contributed by atoms with Crippen LogP contribution >= 0.6 is 0 Å². The number of hydrogen-bond acceptors (Lipinski definition) is 4. The molecule has 2 aliphatic rings. The molecule has 0 aliphatic carbocycles. The van der Waals surface area contributed by atoms with Crippen LogP contribution < -0.4 is 4.90 Å². The molecule has 0 radical (unpaired) electrons. The molecule has 0 spiro atoms. The summed E-state index contributed by atoms with van der Waals surface area (Å²) in [6, 6.07) is 7.36. The normalized spacial score (nSPS) is 21.1. The van der Waals surface area contributed by atoms with E-state index in [0.717, 1.165) is 56.7 Å². The molecule has 24 heavy (non-hydrogen) atoms. The number of benzene rings is 1. The summed E-state index contributed by atoms with van der Waals surface area (Å²) in [6.45, 7) is 2.98. The van der Waals surface area contributed by atoms with Crippen molar-refractivity contribution in [3.05, 3.63) is 53.2 Å². The zero-order valence-electron chi connectivity index (χ0n) is 14.1. The molecule has 5 heteroatoms. The Balaban J connectivity index is 1.61. The quantitative estimate of drug-likeness (QED) is 0.868. The maximum absolute atomic E-state index is 13.5. The number of likely N-dealkylation sites (N-methyl/N-ethyl adjacent to an activating group) is 1. The van der Waals surface area contributed by atoms with Crippen LogP contribution in [0, 0.1) is 5.82 Å². The molecule has 1 unspecified atom stereocenters. The Morgan fingerprint density at radius 3 is 3.04 bits per heavy atom. The number of halogens is 1. The molecule has 2 aromatic rings. The van der Waals surface area contributed by atoms with Crippen LogP contribution in [0.25, 0.3) is 0 Å². The number of hydrogen-bond donors (Lipinski definition) is 0. The number of fused-ring (bicyclic) bond motifs is 1. The number of aromatic nitrogens is 2. The molecule has 126 valence electrons. The van der Waals surface area contributed by atoms with Crippen molar-refractivity contribution in [3.63, 3.8) is 0 Å². The van der Waals surface area contributed by atoms with Crippen molar-refractivity contribution in [1.82, 2.24) is 14.9 Å². The molecule has 4 nitrogen and oxygen atoms in total. The van der Waals surface area contributed by atoms with Gasteiger partial charge in [0, 0.05) is 37.7 Å². The third kappa shape index (κ3) is 3.00. The van der Waals surface area contributed by atoms with Crippen molar-refractivity contribution in [1.29, 1.82) is 0 Å². The molecule has 0 amide bonds. The zero-order valence-corrected chi connectivity index (χ0v) is 14.1. The Kier molecular flexibility index (Phi) is 4.19. The first-order chi connectivity index (χ1) is 11.7. The molecular weight excluding hydrogens is 303 g/mol. The highest BCUT2D eigenvalue weighted by molar-refractivity contribution is 5.51. The number of anilines is 1. The summed E-state index contributed by atoms with van der Waals surface area (Å²) >= 11 is 0. The van der Waals surface area contributed by atoms with Crippen LogP contribution in [0.4, 0.5) is 10.2 Å². The van der Waals surface area contributed by atoms with Gasteiger partial charge in [0.1, 0.15) is 18.0 Å². The highest BCUT2D eigenvalue weighted by Gasteiger charge is 2.30. The standard InChI is InChI=1S/C19H23FN4/c1-23-9-7-18-17(12-23)19(22-13-21-18)24-8-3-6-16(24)11-14-4-2-5-15(20)10-14/h2,4-5,10,13,16H,3,6-9,11-12H2,1H3. The second-order valence-electron chi connectivity index (χ2n) is 6.93. The summed E-state index contributed by atoms with van der Waals surface area (Å²) in [5.41, 5.74) is 3.53. The lowest BCUT2D eigenvalue weighted by Gasteiger charge is -2.32. The van der Waals surface area contributed by atoms with Gasteiger partial charge in [0.2, 0.25) is 0 Å². The molecule has 3 heterocycles. The molecule has 0 saturated carbocycles. The summed E-state index contributed by atoms with van der Waals surface area (Å²) in [7, 11) is 2.15. The third-order valence-electron chi connectivity index (χ3n) is 5.18. The summed E-state index contributed by atoms with van der Waals surface area (Å²) in [5, 5.41) is 0. The number of nitrogens with zero attached hydrogens (tertiary/aromatic N) is 4. The van der Waals surface area contributed by atoms with Crippen LogP contribution in [-0.4, -0.2) is 41.0 Å². The van der Waals surface area contributed by atoms with Crippen molar-refractivity contribution in [3.8, 4) is 0 Å². The van der Waals surface area contributed by atoms with Crippen molar-refractivity contribution in [2.45, 2.75) is 38.3 Å². The molecule has 1 aromatic carbocycles. The SMILES string of the molecule is CN1CCc2ncnc(N3CCCC3Cc3cccc(F)c3)c2C1. The molecule has 0 bridgehead atoms. The van der Waals surface area contributed by atoms with Gasteiger partial charge in [-0.1, -0.05) is 12.1 Å². The van der Waals surface area contributed by atoms with Gasteiger partial charge in [-0.25, -0.2) is 14.4 Å². The van der Waals surface area contributed by atoms with Crippen LogP contribution in [0.5, 0.6) is 0 Å². The van der Waals surface area contributed by atoms with Gasteiger partial charge in [-0.3, -0.25) is 0 Å². The van der Waals surface area contributed by atoms with E-state index in [2.05, 4.69) is 26.8 Å². The minimum atomic E-state index is -0.155. The summed E-state index contributed by atoms with van der Waals surface area (Å²) in [4.78, 5) is 13.9. The van der Waals surface area contributed by atoms with Crippen LogP contribution in [-0.2, 0) is 19.4 Å². The van der Waals surface area contributed by atoms with Gasteiger partial charge in [0.15, 0.2) is 0 Å². The second-order valence-corrected chi connectivity index (χ2v) is 6.93.